The van der Waals surface area contributed by atoms with Crippen LogP contribution in [0, 0.1) is 0 Å². The van der Waals surface area contributed by atoms with Crippen molar-refractivity contribution < 1.29 is 28.7 Å². The first-order valence-electron chi connectivity index (χ1n) is 10.0. The summed E-state index contributed by atoms with van der Waals surface area (Å²) in [6.07, 6.45) is 1.93. The summed E-state index contributed by atoms with van der Waals surface area (Å²) in [7, 11) is 1.50. The number of rotatable bonds is 10. The highest BCUT2D eigenvalue weighted by molar-refractivity contribution is 6.21. The van der Waals surface area contributed by atoms with Crippen LogP contribution in [-0.4, -0.2) is 48.9 Å². The number of ether oxygens (including phenoxy) is 2. The van der Waals surface area contributed by atoms with E-state index in [0.717, 1.165) is 0 Å². The molecule has 0 radical (unpaired) electrons. The molecule has 1 aliphatic heterocycles. The standard InChI is InChI=1S/C23H24N2O6/c1-30-19-12-7-6-11-18(19)24-20(26)15-31-21(27)13-3-2-8-14-25-22(28)16-9-4-5-10-17(16)23(25)29/h4-7,9-12H,2-3,8,13-15H2,1H3,(H,24,26). The zero-order valence-corrected chi connectivity index (χ0v) is 17.3. The fourth-order valence-electron chi connectivity index (χ4n) is 3.31. The minimum Gasteiger partial charge on any atom is -0.495 e. The van der Waals surface area contributed by atoms with Crippen molar-refractivity contribution in [1.82, 2.24) is 4.90 Å². The van der Waals surface area contributed by atoms with Crippen molar-refractivity contribution in [2.75, 3.05) is 25.6 Å². The molecule has 8 nitrogen and oxygen atoms in total. The number of anilines is 1. The molecule has 0 spiro atoms. The molecule has 0 saturated heterocycles. The molecule has 0 bridgehead atoms. The second kappa shape index (κ2) is 10.4. The third kappa shape index (κ3) is 5.48. The normalized spacial score (nSPS) is 12.5. The number of hydrogen-bond acceptors (Lipinski definition) is 6. The van der Waals surface area contributed by atoms with Gasteiger partial charge in [-0.25, -0.2) is 0 Å². The maximum atomic E-state index is 12.3. The second-order valence-electron chi connectivity index (χ2n) is 7.03. The van der Waals surface area contributed by atoms with Crippen LogP contribution >= 0.6 is 0 Å². The molecule has 0 aromatic heterocycles. The fourth-order valence-corrected chi connectivity index (χ4v) is 3.31. The number of amides is 3. The molecular weight excluding hydrogens is 400 g/mol. The Hall–Kier alpha value is -3.68. The van der Waals surface area contributed by atoms with E-state index >= 15 is 0 Å². The number of nitrogens with one attached hydrogen (secondary N) is 1. The average Bonchev–Trinajstić information content (AvgIpc) is 3.03. The summed E-state index contributed by atoms with van der Waals surface area (Å²) in [5.41, 5.74) is 1.36. The van der Waals surface area contributed by atoms with Gasteiger partial charge in [0.25, 0.3) is 17.7 Å². The van der Waals surface area contributed by atoms with E-state index < -0.39 is 11.9 Å². The number of benzene rings is 2. The van der Waals surface area contributed by atoms with Gasteiger partial charge in [-0.3, -0.25) is 24.1 Å². The minimum absolute atomic E-state index is 0.157. The van der Waals surface area contributed by atoms with Crippen molar-refractivity contribution in [3.8, 4) is 5.75 Å². The highest BCUT2D eigenvalue weighted by Crippen LogP contribution is 2.23. The van der Waals surface area contributed by atoms with E-state index in [1.54, 1.807) is 48.5 Å². The molecule has 0 saturated carbocycles. The Balaban J connectivity index is 1.32. The monoisotopic (exact) mass is 424 g/mol. The lowest BCUT2D eigenvalue weighted by Gasteiger charge is -2.13. The molecule has 8 heteroatoms. The summed E-state index contributed by atoms with van der Waals surface area (Å²) in [5, 5.41) is 2.63. The lowest BCUT2D eigenvalue weighted by molar-refractivity contribution is -0.147. The molecule has 1 N–H and O–H groups in total. The molecule has 162 valence electrons. The molecule has 0 aliphatic carbocycles. The number of esters is 1. The van der Waals surface area contributed by atoms with Crippen LogP contribution in [0.25, 0.3) is 0 Å². The summed E-state index contributed by atoms with van der Waals surface area (Å²) < 4.78 is 10.1. The van der Waals surface area contributed by atoms with Gasteiger partial charge in [0.15, 0.2) is 6.61 Å². The predicted octanol–water partition coefficient (Wildman–Crippen LogP) is 3.03. The Labute approximate surface area is 180 Å². The maximum absolute atomic E-state index is 12.3. The van der Waals surface area contributed by atoms with Crippen molar-refractivity contribution >= 4 is 29.4 Å². The van der Waals surface area contributed by atoms with Gasteiger partial charge in [0, 0.05) is 13.0 Å². The topological polar surface area (TPSA) is 102 Å². The summed E-state index contributed by atoms with van der Waals surface area (Å²) >= 11 is 0. The quantitative estimate of drug-likeness (QED) is 0.357. The van der Waals surface area contributed by atoms with E-state index in [1.165, 1.54) is 12.0 Å². The molecule has 3 amide bonds. The molecule has 0 unspecified atom stereocenters. The first-order valence-corrected chi connectivity index (χ1v) is 10.0. The van der Waals surface area contributed by atoms with E-state index in [4.69, 9.17) is 9.47 Å². The molecule has 2 aromatic rings. The van der Waals surface area contributed by atoms with Crippen molar-refractivity contribution in [3.05, 3.63) is 59.7 Å². The summed E-state index contributed by atoms with van der Waals surface area (Å²) in [6, 6.07) is 13.7. The van der Waals surface area contributed by atoms with Crippen LogP contribution in [0.4, 0.5) is 5.69 Å². The molecule has 31 heavy (non-hydrogen) atoms. The van der Waals surface area contributed by atoms with Crippen molar-refractivity contribution in [2.24, 2.45) is 0 Å². The molecular formula is C23H24N2O6. The number of methoxy groups -OCH3 is 1. The molecule has 0 fully saturated rings. The fraction of sp³-hybridized carbons (Fsp3) is 0.304. The van der Waals surface area contributed by atoms with Crippen molar-refractivity contribution in [3.63, 3.8) is 0 Å². The Morgan fingerprint density at radius 2 is 1.55 bits per heavy atom. The Morgan fingerprint density at radius 1 is 0.903 bits per heavy atom. The van der Waals surface area contributed by atoms with E-state index in [2.05, 4.69) is 5.32 Å². The molecule has 0 atom stereocenters. The lowest BCUT2D eigenvalue weighted by Crippen LogP contribution is -2.30. The van der Waals surface area contributed by atoms with Gasteiger partial charge in [-0.2, -0.15) is 0 Å². The Kier molecular flexibility index (Phi) is 7.37. The van der Waals surface area contributed by atoms with Crippen LogP contribution in [-0.2, 0) is 14.3 Å². The molecule has 3 rings (SSSR count). The second-order valence-corrected chi connectivity index (χ2v) is 7.03. The first kappa shape index (κ1) is 22.0. The van der Waals surface area contributed by atoms with Gasteiger partial charge in [-0.1, -0.05) is 30.7 Å². The largest absolute Gasteiger partial charge is 0.495 e. The smallest absolute Gasteiger partial charge is 0.306 e. The molecule has 2 aromatic carbocycles. The number of para-hydroxylation sites is 2. The van der Waals surface area contributed by atoms with Crippen LogP contribution in [0.3, 0.4) is 0 Å². The number of imide groups is 1. The summed E-state index contributed by atoms with van der Waals surface area (Å²) in [6.45, 7) is -0.0748. The van der Waals surface area contributed by atoms with Crippen LogP contribution in [0.5, 0.6) is 5.75 Å². The van der Waals surface area contributed by atoms with Gasteiger partial charge in [0.2, 0.25) is 0 Å². The molecule has 1 aliphatic rings. The lowest BCUT2D eigenvalue weighted by atomic mass is 10.1. The predicted molar refractivity (Wildman–Crippen MR) is 113 cm³/mol. The Bertz CT molecular complexity index is 953. The summed E-state index contributed by atoms with van der Waals surface area (Å²) in [4.78, 5) is 49.6. The van der Waals surface area contributed by atoms with Crippen molar-refractivity contribution in [1.29, 1.82) is 0 Å². The van der Waals surface area contributed by atoms with E-state index in [9.17, 15) is 19.2 Å². The average molecular weight is 424 g/mol. The number of fused-ring (bicyclic) bond motifs is 1. The van der Waals surface area contributed by atoms with Gasteiger partial charge >= 0.3 is 5.97 Å². The zero-order valence-electron chi connectivity index (χ0n) is 17.3. The minimum atomic E-state index is -0.476. The van der Waals surface area contributed by atoms with Gasteiger partial charge < -0.3 is 14.8 Å². The summed E-state index contributed by atoms with van der Waals surface area (Å²) in [5.74, 6) is -0.971. The van der Waals surface area contributed by atoms with Crippen LogP contribution < -0.4 is 10.1 Å². The third-order valence-electron chi connectivity index (χ3n) is 4.89. The SMILES string of the molecule is COc1ccccc1NC(=O)COC(=O)CCCCCN1C(=O)c2ccccc2C1=O. The van der Waals surface area contributed by atoms with Gasteiger partial charge in [-0.05, 0) is 37.1 Å². The van der Waals surface area contributed by atoms with Crippen LogP contribution in [0.2, 0.25) is 0 Å². The zero-order chi connectivity index (χ0) is 22.2. The van der Waals surface area contributed by atoms with Crippen LogP contribution in [0.15, 0.2) is 48.5 Å². The number of nitrogens with zero attached hydrogens (tertiary/aromatic N) is 1. The number of carbonyl (C=O) groups excluding carboxylic acids is 4. The highest BCUT2D eigenvalue weighted by Gasteiger charge is 2.34. The van der Waals surface area contributed by atoms with Gasteiger partial charge in [-0.15, -0.1) is 0 Å². The third-order valence-corrected chi connectivity index (χ3v) is 4.89. The maximum Gasteiger partial charge on any atom is 0.306 e. The van der Waals surface area contributed by atoms with Gasteiger partial charge in [0.05, 0.1) is 23.9 Å². The van der Waals surface area contributed by atoms with Crippen LogP contribution in [0.1, 0.15) is 46.4 Å². The van der Waals surface area contributed by atoms with Gasteiger partial charge in [0.1, 0.15) is 5.75 Å². The van der Waals surface area contributed by atoms with E-state index in [-0.39, 0.29) is 24.8 Å². The van der Waals surface area contributed by atoms with E-state index in [0.29, 0.717) is 48.4 Å². The highest BCUT2D eigenvalue weighted by atomic mass is 16.5. The van der Waals surface area contributed by atoms with Crippen molar-refractivity contribution in [2.45, 2.75) is 25.7 Å². The number of unbranched alkanes of at least 4 members (excludes halogenated alkanes) is 2. The number of hydrogen-bond donors (Lipinski definition) is 1. The first-order chi connectivity index (χ1) is 15.0. The molecule has 1 heterocycles. The Morgan fingerprint density at radius 3 is 2.23 bits per heavy atom. The number of carbonyl (C=O) groups is 4. The van der Waals surface area contributed by atoms with E-state index in [1.807, 2.05) is 0 Å².